The van der Waals surface area contributed by atoms with E-state index in [2.05, 4.69) is 5.87 Å². The standard InChI is InChI=1S/C17H12F4N2O3S/c1-27(25,23-8-22)14-3-2-13(12-7-17(20,21)16(24)15(12)14)26-11-5-9(18)4-10(19)6-11/h2-6,16,24H,1,7H2,(H,23,25). The van der Waals surface area contributed by atoms with Crippen LogP contribution in [0.4, 0.5) is 17.6 Å². The van der Waals surface area contributed by atoms with Crippen LogP contribution in [0.15, 0.2) is 35.2 Å². The molecular formula is C17H12F4N2O3S. The number of hydrogen-bond acceptors (Lipinski definition) is 4. The molecule has 2 atom stereocenters. The molecular weight excluding hydrogens is 388 g/mol. The minimum Gasteiger partial charge on any atom is -0.457 e. The van der Waals surface area contributed by atoms with Gasteiger partial charge in [0.1, 0.15) is 29.2 Å². The molecule has 10 heteroatoms. The van der Waals surface area contributed by atoms with Gasteiger partial charge >= 0.3 is 0 Å². The fourth-order valence-electron chi connectivity index (χ4n) is 2.88. The zero-order chi connectivity index (χ0) is 20.0. The molecule has 2 aromatic rings. The van der Waals surface area contributed by atoms with Crippen LogP contribution in [0.2, 0.25) is 0 Å². The van der Waals surface area contributed by atoms with Gasteiger partial charge in [-0.25, -0.2) is 26.5 Å². The molecule has 3 rings (SSSR count). The molecule has 0 bridgehead atoms. The second-order valence-corrected chi connectivity index (χ2v) is 7.89. The monoisotopic (exact) mass is 400 g/mol. The first-order valence-corrected chi connectivity index (χ1v) is 9.16. The summed E-state index contributed by atoms with van der Waals surface area (Å²) >= 11 is 0. The van der Waals surface area contributed by atoms with Gasteiger partial charge in [0.25, 0.3) is 5.92 Å². The lowest BCUT2D eigenvalue weighted by molar-refractivity contribution is -0.0976. The largest absolute Gasteiger partial charge is 0.457 e. The molecule has 5 nitrogen and oxygen atoms in total. The van der Waals surface area contributed by atoms with E-state index < -0.39 is 45.4 Å². The van der Waals surface area contributed by atoms with Crippen LogP contribution in [0.1, 0.15) is 17.2 Å². The number of aliphatic hydroxyl groups excluding tert-OH is 1. The molecule has 0 fully saturated rings. The molecule has 142 valence electrons. The predicted octanol–water partition coefficient (Wildman–Crippen LogP) is 3.04. The van der Waals surface area contributed by atoms with Crippen LogP contribution in [0.25, 0.3) is 0 Å². The highest BCUT2D eigenvalue weighted by Gasteiger charge is 2.50. The Balaban J connectivity index is 2.15. The van der Waals surface area contributed by atoms with Gasteiger partial charge in [-0.1, -0.05) is 0 Å². The number of ether oxygens (including phenoxy) is 1. The van der Waals surface area contributed by atoms with Crippen LogP contribution in [0, 0.1) is 23.1 Å². The van der Waals surface area contributed by atoms with Crippen LogP contribution in [-0.4, -0.2) is 21.1 Å². The third kappa shape index (κ3) is 3.43. The molecule has 0 saturated heterocycles. The van der Waals surface area contributed by atoms with E-state index in [9.17, 15) is 26.9 Å². The normalized spacial score (nSPS) is 19.6. The van der Waals surface area contributed by atoms with Crippen molar-refractivity contribution >= 4 is 15.6 Å². The van der Waals surface area contributed by atoms with Crippen LogP contribution in [-0.2, 0) is 16.1 Å². The Bertz CT molecular complexity index is 1040. The van der Waals surface area contributed by atoms with Crippen molar-refractivity contribution in [2.45, 2.75) is 23.3 Å². The van der Waals surface area contributed by atoms with Gasteiger partial charge in [-0.2, -0.15) is 5.26 Å². The highest BCUT2D eigenvalue weighted by Crippen LogP contribution is 2.49. The van der Waals surface area contributed by atoms with Gasteiger partial charge in [0, 0.05) is 35.7 Å². The Morgan fingerprint density at radius 3 is 2.52 bits per heavy atom. The molecule has 2 unspecified atom stereocenters. The Kier molecular flexibility index (Phi) is 4.53. The van der Waals surface area contributed by atoms with Gasteiger partial charge in [-0.3, -0.25) is 0 Å². The zero-order valence-electron chi connectivity index (χ0n) is 13.5. The zero-order valence-corrected chi connectivity index (χ0v) is 14.3. The molecule has 0 aliphatic heterocycles. The van der Waals surface area contributed by atoms with Crippen molar-refractivity contribution in [2.75, 3.05) is 0 Å². The van der Waals surface area contributed by atoms with Crippen molar-refractivity contribution in [3.8, 4) is 17.7 Å². The topological polar surface area (TPSA) is 82.4 Å². The van der Waals surface area contributed by atoms with E-state index in [1.54, 1.807) is 0 Å². The second-order valence-electron chi connectivity index (χ2n) is 5.89. The highest BCUT2D eigenvalue weighted by atomic mass is 32.2. The number of fused-ring (bicyclic) bond motifs is 1. The molecule has 27 heavy (non-hydrogen) atoms. The molecule has 1 aliphatic rings. The third-order valence-electron chi connectivity index (χ3n) is 3.99. The number of halogens is 4. The predicted molar refractivity (Wildman–Crippen MR) is 88.8 cm³/mol. The van der Waals surface area contributed by atoms with Gasteiger partial charge in [-0.05, 0) is 18.0 Å². The number of nitrogens with one attached hydrogen (secondary N) is 1. The highest BCUT2D eigenvalue weighted by molar-refractivity contribution is 7.98. The van der Waals surface area contributed by atoms with E-state index in [1.807, 2.05) is 4.72 Å². The molecule has 2 aromatic carbocycles. The summed E-state index contributed by atoms with van der Waals surface area (Å²) in [6.45, 7) is 0. The SMILES string of the molecule is C=S(=O)(NC#N)c1ccc(Oc2cc(F)cc(F)c2)c2c1C(O)C(F)(F)C2. The Hall–Kier alpha value is -2.77. The fraction of sp³-hybridized carbons (Fsp3) is 0.176. The van der Waals surface area contributed by atoms with Crippen LogP contribution >= 0.6 is 0 Å². The minimum absolute atomic E-state index is 0.189. The summed E-state index contributed by atoms with van der Waals surface area (Å²) in [4.78, 5) is -0.276. The second kappa shape index (κ2) is 6.44. The van der Waals surface area contributed by atoms with Crippen molar-refractivity contribution in [1.29, 1.82) is 5.26 Å². The molecule has 1 aliphatic carbocycles. The molecule has 0 spiro atoms. The Morgan fingerprint density at radius 1 is 1.30 bits per heavy atom. The summed E-state index contributed by atoms with van der Waals surface area (Å²) in [5.41, 5.74) is -0.581. The lowest BCUT2D eigenvalue weighted by Gasteiger charge is -2.18. The van der Waals surface area contributed by atoms with E-state index in [1.165, 1.54) is 6.19 Å². The average molecular weight is 400 g/mol. The third-order valence-corrected chi connectivity index (χ3v) is 5.48. The Morgan fingerprint density at radius 2 is 1.93 bits per heavy atom. The lowest BCUT2D eigenvalue weighted by atomic mass is 10.1. The lowest BCUT2D eigenvalue weighted by Crippen LogP contribution is -2.24. The van der Waals surface area contributed by atoms with E-state index in [-0.39, 0.29) is 22.0 Å². The summed E-state index contributed by atoms with van der Waals surface area (Å²) in [5.74, 6) is -2.60. The van der Waals surface area contributed by atoms with E-state index in [4.69, 9.17) is 10.00 Å². The smallest absolute Gasteiger partial charge is 0.281 e. The number of hydrogen-bond donors (Lipinski definition) is 2. The quantitative estimate of drug-likeness (QED) is 0.358. The summed E-state index contributed by atoms with van der Waals surface area (Å²) < 4.78 is 74.7. The van der Waals surface area contributed by atoms with E-state index >= 15 is 0 Å². The first-order chi connectivity index (χ1) is 12.5. The summed E-state index contributed by atoms with van der Waals surface area (Å²) in [7, 11) is -3.50. The molecule has 2 N–H and O–H groups in total. The molecule has 0 radical (unpaired) electrons. The number of nitriles is 1. The molecule has 0 saturated carbocycles. The summed E-state index contributed by atoms with van der Waals surface area (Å²) in [6.07, 6.45) is -1.83. The van der Waals surface area contributed by atoms with Gasteiger partial charge in [0.15, 0.2) is 6.19 Å². The van der Waals surface area contributed by atoms with Gasteiger partial charge < -0.3 is 9.84 Å². The number of nitrogens with zero attached hydrogens (tertiary/aromatic N) is 1. The first kappa shape index (κ1) is 19.0. The Labute approximate surface area is 152 Å². The number of rotatable bonds is 4. The first-order valence-electron chi connectivity index (χ1n) is 7.44. The summed E-state index contributed by atoms with van der Waals surface area (Å²) in [5, 5.41) is 18.7. The maximum absolute atomic E-state index is 14.1. The summed E-state index contributed by atoms with van der Waals surface area (Å²) in [6, 6.07) is 4.59. The number of alkyl halides is 2. The van der Waals surface area contributed by atoms with Crippen LogP contribution in [0.3, 0.4) is 0 Å². The maximum atomic E-state index is 14.1. The van der Waals surface area contributed by atoms with Crippen molar-refractivity contribution in [2.24, 2.45) is 0 Å². The molecule has 0 amide bonds. The number of benzene rings is 2. The molecule has 0 aromatic heterocycles. The number of aliphatic hydroxyl groups is 1. The van der Waals surface area contributed by atoms with Crippen molar-refractivity contribution in [1.82, 2.24) is 4.72 Å². The van der Waals surface area contributed by atoms with E-state index in [0.29, 0.717) is 6.07 Å². The van der Waals surface area contributed by atoms with Gasteiger partial charge in [0.05, 0.1) is 14.6 Å². The van der Waals surface area contributed by atoms with Gasteiger partial charge in [0.2, 0.25) is 0 Å². The minimum atomic E-state index is -3.59. The van der Waals surface area contributed by atoms with Crippen molar-refractivity contribution < 1.29 is 31.6 Å². The van der Waals surface area contributed by atoms with Crippen LogP contribution in [0.5, 0.6) is 11.5 Å². The maximum Gasteiger partial charge on any atom is 0.281 e. The van der Waals surface area contributed by atoms with Crippen molar-refractivity contribution in [3.05, 3.63) is 53.1 Å². The molecule has 0 heterocycles. The fourth-order valence-corrected chi connectivity index (χ4v) is 4.01. The van der Waals surface area contributed by atoms with E-state index in [0.717, 1.165) is 24.3 Å². The van der Waals surface area contributed by atoms with Crippen molar-refractivity contribution in [3.63, 3.8) is 0 Å². The van der Waals surface area contributed by atoms with Gasteiger partial charge in [-0.15, -0.1) is 0 Å². The van der Waals surface area contributed by atoms with Crippen LogP contribution < -0.4 is 9.46 Å². The average Bonchev–Trinajstić information content (AvgIpc) is 2.77.